The summed E-state index contributed by atoms with van der Waals surface area (Å²) in [5, 5.41) is 4.07. The van der Waals surface area contributed by atoms with E-state index in [1.54, 1.807) is 0 Å². The molecule has 6 heteroatoms. The molecule has 2 saturated heterocycles. The van der Waals surface area contributed by atoms with E-state index in [2.05, 4.69) is 31.0 Å². The van der Waals surface area contributed by atoms with Crippen molar-refractivity contribution < 1.29 is 4.52 Å². The van der Waals surface area contributed by atoms with Crippen molar-refractivity contribution in [1.82, 2.24) is 20.0 Å². The maximum Gasteiger partial charge on any atom is 0.259 e. The zero-order valence-corrected chi connectivity index (χ0v) is 13.2. The molecule has 0 bridgehead atoms. The summed E-state index contributed by atoms with van der Waals surface area (Å²) >= 11 is 0. The number of fused-ring (bicyclic) bond motifs is 1. The average molecular weight is 311 g/mol. The van der Waals surface area contributed by atoms with Gasteiger partial charge in [0.1, 0.15) is 5.82 Å². The molecule has 120 valence electrons. The van der Waals surface area contributed by atoms with Crippen LogP contribution in [0.4, 0.5) is 5.82 Å². The molecule has 2 aromatic heterocycles. The summed E-state index contributed by atoms with van der Waals surface area (Å²) in [6.45, 7) is 4.59. The molecule has 0 aromatic carbocycles. The number of aromatic nitrogens is 3. The SMILES string of the molecule is c1cc(N2CCN3CCC[C@H]3C2)ncc1-c1nc(C2CC2)no1. The van der Waals surface area contributed by atoms with Gasteiger partial charge in [-0.1, -0.05) is 5.16 Å². The van der Waals surface area contributed by atoms with Crippen LogP contribution in [0.2, 0.25) is 0 Å². The van der Waals surface area contributed by atoms with E-state index in [0.29, 0.717) is 17.9 Å². The molecule has 1 saturated carbocycles. The molecule has 4 heterocycles. The van der Waals surface area contributed by atoms with Gasteiger partial charge in [-0.25, -0.2) is 4.98 Å². The first-order valence-electron chi connectivity index (χ1n) is 8.66. The van der Waals surface area contributed by atoms with Crippen LogP contribution in [-0.4, -0.2) is 52.2 Å². The molecule has 0 N–H and O–H groups in total. The molecule has 1 aliphatic carbocycles. The number of pyridine rings is 1. The van der Waals surface area contributed by atoms with Crippen LogP contribution in [-0.2, 0) is 0 Å². The van der Waals surface area contributed by atoms with Gasteiger partial charge in [0.15, 0.2) is 5.82 Å². The highest BCUT2D eigenvalue weighted by Gasteiger charge is 2.31. The van der Waals surface area contributed by atoms with Crippen molar-refractivity contribution in [2.75, 3.05) is 31.1 Å². The highest BCUT2D eigenvalue weighted by atomic mass is 16.5. The third kappa shape index (κ3) is 2.51. The maximum atomic E-state index is 5.37. The molecule has 0 radical (unpaired) electrons. The van der Waals surface area contributed by atoms with E-state index < -0.39 is 0 Å². The Kier molecular flexibility index (Phi) is 3.11. The second kappa shape index (κ2) is 5.30. The smallest absolute Gasteiger partial charge is 0.259 e. The van der Waals surface area contributed by atoms with Gasteiger partial charge in [-0.2, -0.15) is 4.98 Å². The zero-order valence-electron chi connectivity index (χ0n) is 13.2. The first kappa shape index (κ1) is 13.5. The summed E-state index contributed by atoms with van der Waals surface area (Å²) in [5.74, 6) is 3.01. The predicted octanol–water partition coefficient (Wildman–Crippen LogP) is 2.29. The highest BCUT2D eigenvalue weighted by Crippen LogP contribution is 2.38. The normalized spacial score (nSPS) is 24.9. The number of piperazine rings is 1. The lowest BCUT2D eigenvalue weighted by Crippen LogP contribution is -2.50. The van der Waals surface area contributed by atoms with E-state index in [4.69, 9.17) is 4.52 Å². The molecule has 1 atom stereocenters. The quantitative estimate of drug-likeness (QED) is 0.867. The van der Waals surface area contributed by atoms with Gasteiger partial charge in [0.2, 0.25) is 0 Å². The van der Waals surface area contributed by atoms with E-state index in [1.165, 1.54) is 32.2 Å². The Balaban J connectivity index is 1.32. The van der Waals surface area contributed by atoms with Crippen molar-refractivity contribution in [2.24, 2.45) is 0 Å². The Labute approximate surface area is 135 Å². The highest BCUT2D eigenvalue weighted by molar-refractivity contribution is 5.55. The minimum Gasteiger partial charge on any atom is -0.354 e. The lowest BCUT2D eigenvalue weighted by molar-refractivity contribution is 0.230. The third-order valence-corrected chi connectivity index (χ3v) is 5.29. The van der Waals surface area contributed by atoms with Gasteiger partial charge in [-0.05, 0) is 44.4 Å². The van der Waals surface area contributed by atoms with Crippen molar-refractivity contribution in [3.05, 3.63) is 24.2 Å². The van der Waals surface area contributed by atoms with E-state index in [0.717, 1.165) is 36.8 Å². The summed E-state index contributed by atoms with van der Waals surface area (Å²) in [4.78, 5) is 14.1. The third-order valence-electron chi connectivity index (χ3n) is 5.29. The average Bonchev–Trinajstić information content (AvgIpc) is 3.14. The van der Waals surface area contributed by atoms with Crippen LogP contribution in [0, 0.1) is 0 Å². The predicted molar refractivity (Wildman–Crippen MR) is 86.3 cm³/mol. The minimum atomic E-state index is 0.516. The minimum absolute atomic E-state index is 0.516. The van der Waals surface area contributed by atoms with Gasteiger partial charge < -0.3 is 9.42 Å². The Bertz CT molecular complexity index is 693. The first-order valence-corrected chi connectivity index (χ1v) is 8.66. The molecule has 0 amide bonds. The van der Waals surface area contributed by atoms with E-state index in [1.807, 2.05) is 12.3 Å². The molecule has 23 heavy (non-hydrogen) atoms. The van der Waals surface area contributed by atoms with Gasteiger partial charge in [-0.15, -0.1) is 0 Å². The topological polar surface area (TPSA) is 58.3 Å². The molecule has 6 nitrogen and oxygen atoms in total. The van der Waals surface area contributed by atoms with E-state index >= 15 is 0 Å². The lowest BCUT2D eigenvalue weighted by atomic mass is 10.1. The molecule has 0 unspecified atom stereocenters. The first-order chi connectivity index (χ1) is 11.4. The summed E-state index contributed by atoms with van der Waals surface area (Å²) in [5.41, 5.74) is 0.910. The van der Waals surface area contributed by atoms with Crippen LogP contribution < -0.4 is 4.90 Å². The number of anilines is 1. The van der Waals surface area contributed by atoms with Crippen molar-refractivity contribution >= 4 is 5.82 Å². The molecular weight excluding hydrogens is 290 g/mol. The lowest BCUT2D eigenvalue weighted by Gasteiger charge is -2.38. The fourth-order valence-electron chi connectivity index (χ4n) is 3.76. The molecule has 3 fully saturated rings. The van der Waals surface area contributed by atoms with Crippen LogP contribution in [0.25, 0.3) is 11.5 Å². The van der Waals surface area contributed by atoms with Gasteiger partial charge in [0.05, 0.1) is 5.56 Å². The second-order valence-electron chi connectivity index (χ2n) is 6.92. The van der Waals surface area contributed by atoms with E-state index in [9.17, 15) is 0 Å². The number of hydrogen-bond acceptors (Lipinski definition) is 6. The molecule has 2 aromatic rings. The fraction of sp³-hybridized carbons (Fsp3) is 0.588. The summed E-state index contributed by atoms with van der Waals surface area (Å²) in [6, 6.07) is 4.84. The van der Waals surface area contributed by atoms with Crippen molar-refractivity contribution in [1.29, 1.82) is 0 Å². The Morgan fingerprint density at radius 3 is 2.87 bits per heavy atom. The Morgan fingerprint density at radius 2 is 2.04 bits per heavy atom. The Morgan fingerprint density at radius 1 is 1.09 bits per heavy atom. The van der Waals surface area contributed by atoms with Crippen LogP contribution in [0.1, 0.15) is 37.4 Å². The van der Waals surface area contributed by atoms with Crippen molar-refractivity contribution in [2.45, 2.75) is 37.6 Å². The monoisotopic (exact) mass is 311 g/mol. The summed E-state index contributed by atoms with van der Waals surface area (Å²) in [7, 11) is 0. The standard InChI is InChI=1S/C17H21N5O/c1-2-14-11-22(9-8-21(14)7-1)15-6-5-13(10-18-15)17-19-16(20-23-17)12-3-4-12/h5-6,10,12,14H,1-4,7-9,11H2/t14-/m0/s1. The molecule has 0 spiro atoms. The Hall–Kier alpha value is -1.95. The van der Waals surface area contributed by atoms with Gasteiger partial charge in [-0.3, -0.25) is 4.90 Å². The largest absolute Gasteiger partial charge is 0.354 e. The van der Waals surface area contributed by atoms with Crippen LogP contribution in [0.15, 0.2) is 22.9 Å². The summed E-state index contributed by atoms with van der Waals surface area (Å²) in [6.07, 6.45) is 6.89. The van der Waals surface area contributed by atoms with Gasteiger partial charge in [0.25, 0.3) is 5.89 Å². The van der Waals surface area contributed by atoms with Crippen molar-refractivity contribution in [3.63, 3.8) is 0 Å². The number of hydrogen-bond donors (Lipinski definition) is 0. The fourth-order valence-corrected chi connectivity index (χ4v) is 3.76. The zero-order chi connectivity index (χ0) is 15.2. The maximum absolute atomic E-state index is 5.37. The van der Waals surface area contributed by atoms with E-state index in [-0.39, 0.29) is 0 Å². The molecule has 3 aliphatic rings. The number of nitrogens with zero attached hydrogens (tertiary/aromatic N) is 5. The molecule has 2 aliphatic heterocycles. The van der Waals surface area contributed by atoms with Gasteiger partial charge in [0, 0.05) is 37.8 Å². The molecule has 5 rings (SSSR count). The second-order valence-corrected chi connectivity index (χ2v) is 6.92. The van der Waals surface area contributed by atoms with Gasteiger partial charge >= 0.3 is 0 Å². The van der Waals surface area contributed by atoms with Crippen LogP contribution in [0.3, 0.4) is 0 Å². The van der Waals surface area contributed by atoms with Crippen LogP contribution in [0.5, 0.6) is 0 Å². The van der Waals surface area contributed by atoms with Crippen LogP contribution >= 0.6 is 0 Å². The summed E-state index contributed by atoms with van der Waals surface area (Å²) < 4.78 is 5.37. The molecular formula is C17H21N5O. The van der Waals surface area contributed by atoms with Crippen molar-refractivity contribution in [3.8, 4) is 11.5 Å². The number of rotatable bonds is 3.